The summed E-state index contributed by atoms with van der Waals surface area (Å²) in [6.07, 6.45) is 1.24. The Kier molecular flexibility index (Phi) is 2.23. The highest BCUT2D eigenvalue weighted by atomic mass is 79.9. The van der Waals surface area contributed by atoms with E-state index in [-0.39, 0.29) is 0 Å². The molecule has 1 aliphatic heterocycles. The van der Waals surface area contributed by atoms with Crippen LogP contribution >= 0.6 is 27.7 Å². The van der Waals surface area contributed by atoms with Crippen LogP contribution in [0.3, 0.4) is 0 Å². The summed E-state index contributed by atoms with van der Waals surface area (Å²) in [5, 5.41) is 0. The first-order chi connectivity index (χ1) is 5.36. The highest BCUT2D eigenvalue weighted by molar-refractivity contribution is 9.10. The molecule has 0 atom stereocenters. The molecule has 0 N–H and O–H groups in total. The van der Waals surface area contributed by atoms with Crippen LogP contribution in [0.2, 0.25) is 0 Å². The first-order valence-electron chi connectivity index (χ1n) is 3.71. The van der Waals surface area contributed by atoms with Crippen molar-refractivity contribution in [3.63, 3.8) is 0 Å². The van der Waals surface area contributed by atoms with Crippen molar-refractivity contribution < 1.29 is 0 Å². The molecule has 2 rings (SSSR count). The monoisotopic (exact) mass is 228 g/mol. The van der Waals surface area contributed by atoms with Crippen LogP contribution in [0, 0.1) is 0 Å². The molecule has 1 aromatic rings. The lowest BCUT2D eigenvalue weighted by Crippen LogP contribution is -2.01. The van der Waals surface area contributed by atoms with Crippen molar-refractivity contribution in [3.05, 3.63) is 33.8 Å². The molecule has 0 unspecified atom stereocenters. The number of hydrogen-bond acceptors (Lipinski definition) is 1. The molecule has 0 bridgehead atoms. The summed E-state index contributed by atoms with van der Waals surface area (Å²) in [6.45, 7) is 0. The van der Waals surface area contributed by atoms with Crippen LogP contribution in [0.1, 0.15) is 11.1 Å². The van der Waals surface area contributed by atoms with E-state index < -0.39 is 0 Å². The minimum absolute atomic E-state index is 1.20. The second-order valence-electron chi connectivity index (χ2n) is 2.72. The summed E-state index contributed by atoms with van der Waals surface area (Å²) in [5.74, 6) is 2.48. The van der Waals surface area contributed by atoms with Crippen LogP contribution in [-0.2, 0) is 12.2 Å². The highest BCUT2D eigenvalue weighted by Crippen LogP contribution is 2.26. The van der Waals surface area contributed by atoms with E-state index in [9.17, 15) is 0 Å². The molecule has 58 valence electrons. The fourth-order valence-corrected chi connectivity index (χ4v) is 2.75. The predicted octanol–water partition coefficient (Wildman–Crippen LogP) is 3.24. The van der Waals surface area contributed by atoms with Crippen LogP contribution in [-0.4, -0.2) is 5.75 Å². The molecular weight excluding hydrogens is 220 g/mol. The maximum Gasteiger partial charge on any atom is 0.0187 e. The van der Waals surface area contributed by atoms with E-state index >= 15 is 0 Å². The van der Waals surface area contributed by atoms with E-state index in [0.29, 0.717) is 0 Å². The second kappa shape index (κ2) is 3.20. The maximum atomic E-state index is 3.48. The summed E-state index contributed by atoms with van der Waals surface area (Å²) < 4.78 is 1.21. The molecule has 0 aromatic heterocycles. The third-order valence-electron chi connectivity index (χ3n) is 1.94. The molecule has 2 heteroatoms. The lowest BCUT2D eigenvalue weighted by atomic mass is 10.1. The molecule has 0 aliphatic carbocycles. The lowest BCUT2D eigenvalue weighted by Gasteiger charge is -2.14. The van der Waals surface area contributed by atoms with Gasteiger partial charge in [0, 0.05) is 10.2 Å². The van der Waals surface area contributed by atoms with Crippen LogP contribution < -0.4 is 0 Å². The summed E-state index contributed by atoms with van der Waals surface area (Å²) in [5.41, 5.74) is 3.04. The number of halogens is 1. The number of thioether (sulfide) groups is 1. The van der Waals surface area contributed by atoms with Gasteiger partial charge in [-0.15, -0.1) is 0 Å². The highest BCUT2D eigenvalue weighted by Gasteiger charge is 2.08. The third-order valence-corrected chi connectivity index (χ3v) is 3.44. The lowest BCUT2D eigenvalue weighted by molar-refractivity contribution is 1.08. The largest absolute Gasteiger partial charge is 0.157 e. The van der Waals surface area contributed by atoms with Gasteiger partial charge in [0.05, 0.1) is 0 Å². The van der Waals surface area contributed by atoms with E-state index in [1.165, 1.54) is 33.5 Å². The minimum atomic E-state index is 1.20. The number of hydrogen-bond donors (Lipinski definition) is 0. The molecule has 1 aliphatic rings. The standard InChI is InChI=1S/C9H9BrS/c10-9-2-1-8-6-11-4-3-7(8)5-9/h1-2,5H,3-4,6H2. The molecule has 0 fully saturated rings. The zero-order valence-electron chi connectivity index (χ0n) is 6.14. The van der Waals surface area contributed by atoms with Gasteiger partial charge < -0.3 is 0 Å². The zero-order valence-corrected chi connectivity index (χ0v) is 8.54. The van der Waals surface area contributed by atoms with E-state index in [2.05, 4.69) is 34.1 Å². The number of benzene rings is 1. The van der Waals surface area contributed by atoms with Crippen molar-refractivity contribution in [3.8, 4) is 0 Å². The number of rotatable bonds is 0. The van der Waals surface area contributed by atoms with Gasteiger partial charge in [-0.05, 0) is 35.4 Å². The molecule has 0 radical (unpaired) electrons. The van der Waals surface area contributed by atoms with Crippen molar-refractivity contribution >= 4 is 27.7 Å². The topological polar surface area (TPSA) is 0 Å². The zero-order chi connectivity index (χ0) is 7.68. The summed E-state index contributed by atoms with van der Waals surface area (Å²) in [6, 6.07) is 6.60. The maximum absolute atomic E-state index is 3.48. The van der Waals surface area contributed by atoms with Gasteiger partial charge in [-0.25, -0.2) is 0 Å². The molecule has 1 aromatic carbocycles. The Morgan fingerprint density at radius 1 is 1.27 bits per heavy atom. The molecule has 0 amide bonds. The first kappa shape index (κ1) is 7.69. The van der Waals surface area contributed by atoms with Crippen molar-refractivity contribution in [2.75, 3.05) is 5.75 Å². The van der Waals surface area contributed by atoms with Crippen LogP contribution in [0.15, 0.2) is 22.7 Å². The molecule has 0 saturated heterocycles. The Balaban J connectivity index is 2.43. The Morgan fingerprint density at radius 2 is 2.18 bits per heavy atom. The van der Waals surface area contributed by atoms with Gasteiger partial charge in [0.1, 0.15) is 0 Å². The van der Waals surface area contributed by atoms with E-state index in [4.69, 9.17) is 0 Å². The normalized spacial score (nSPS) is 16.1. The minimum Gasteiger partial charge on any atom is -0.157 e. The fourth-order valence-electron chi connectivity index (χ4n) is 1.33. The Bertz CT molecular complexity index is 270. The van der Waals surface area contributed by atoms with Gasteiger partial charge >= 0.3 is 0 Å². The van der Waals surface area contributed by atoms with Gasteiger partial charge in [0.2, 0.25) is 0 Å². The van der Waals surface area contributed by atoms with Gasteiger partial charge in [-0.2, -0.15) is 11.8 Å². The summed E-state index contributed by atoms with van der Waals surface area (Å²) in [7, 11) is 0. The van der Waals surface area contributed by atoms with Crippen molar-refractivity contribution in [1.29, 1.82) is 0 Å². The molecule has 0 nitrogen and oxygen atoms in total. The number of fused-ring (bicyclic) bond motifs is 1. The Hall–Kier alpha value is 0.0500. The summed E-state index contributed by atoms with van der Waals surface area (Å²) in [4.78, 5) is 0. The fraction of sp³-hybridized carbons (Fsp3) is 0.333. The molecular formula is C9H9BrS. The van der Waals surface area contributed by atoms with E-state index in [1.54, 1.807) is 0 Å². The van der Waals surface area contributed by atoms with Gasteiger partial charge in [0.15, 0.2) is 0 Å². The molecule has 0 spiro atoms. The Labute approximate surface area is 79.5 Å². The molecule has 1 heterocycles. The predicted molar refractivity (Wildman–Crippen MR) is 54.0 cm³/mol. The summed E-state index contributed by atoms with van der Waals surface area (Å²) >= 11 is 5.51. The van der Waals surface area contributed by atoms with Gasteiger partial charge in [0.25, 0.3) is 0 Å². The molecule has 11 heavy (non-hydrogen) atoms. The first-order valence-corrected chi connectivity index (χ1v) is 5.66. The third kappa shape index (κ3) is 1.62. The van der Waals surface area contributed by atoms with Gasteiger partial charge in [-0.3, -0.25) is 0 Å². The Morgan fingerprint density at radius 3 is 3.09 bits per heavy atom. The molecule has 0 saturated carbocycles. The quantitative estimate of drug-likeness (QED) is 0.658. The van der Waals surface area contributed by atoms with Crippen molar-refractivity contribution in [2.45, 2.75) is 12.2 Å². The van der Waals surface area contributed by atoms with Crippen LogP contribution in [0.25, 0.3) is 0 Å². The second-order valence-corrected chi connectivity index (χ2v) is 4.74. The van der Waals surface area contributed by atoms with E-state index in [1.807, 2.05) is 11.8 Å². The average Bonchev–Trinajstić information content (AvgIpc) is 2.04. The van der Waals surface area contributed by atoms with Crippen molar-refractivity contribution in [2.24, 2.45) is 0 Å². The smallest absolute Gasteiger partial charge is 0.0187 e. The van der Waals surface area contributed by atoms with Crippen LogP contribution in [0.5, 0.6) is 0 Å². The average molecular weight is 229 g/mol. The SMILES string of the molecule is Brc1ccc2c(c1)CCSC2. The van der Waals surface area contributed by atoms with Gasteiger partial charge in [-0.1, -0.05) is 22.0 Å². The number of aryl methyl sites for hydroxylation is 1. The van der Waals surface area contributed by atoms with Crippen LogP contribution in [0.4, 0.5) is 0 Å². The van der Waals surface area contributed by atoms with Crippen molar-refractivity contribution in [1.82, 2.24) is 0 Å². The van der Waals surface area contributed by atoms with E-state index in [0.717, 1.165) is 0 Å².